The van der Waals surface area contributed by atoms with Crippen molar-refractivity contribution in [2.45, 2.75) is 13.1 Å². The third-order valence-electron chi connectivity index (χ3n) is 3.86. The van der Waals surface area contributed by atoms with Crippen molar-refractivity contribution in [3.05, 3.63) is 74.6 Å². The molecular weight excluding hydrogens is 425 g/mol. The van der Waals surface area contributed by atoms with Crippen molar-refractivity contribution in [3.8, 4) is 11.3 Å². The Morgan fingerprint density at radius 2 is 1.93 bits per heavy atom. The van der Waals surface area contributed by atoms with E-state index in [-0.39, 0.29) is 23.6 Å². The number of alkyl halides is 3. The molecule has 0 amide bonds. The third kappa shape index (κ3) is 4.98. The summed E-state index contributed by atoms with van der Waals surface area (Å²) in [6.45, 7) is 1.75. The average molecular weight is 439 g/mol. The zero-order valence-corrected chi connectivity index (χ0v) is 16.2. The number of benzene rings is 1. The van der Waals surface area contributed by atoms with Gasteiger partial charge in [0.1, 0.15) is 22.8 Å². The molecule has 30 heavy (non-hydrogen) atoms. The molecule has 0 saturated carbocycles. The molecule has 3 rings (SSSR count). The Bertz CT molecular complexity index is 1150. The van der Waals surface area contributed by atoms with Crippen LogP contribution in [0, 0.1) is 0 Å². The lowest BCUT2D eigenvalue weighted by molar-refractivity contribution is -0.141. The molecule has 0 unspecified atom stereocenters. The zero-order valence-electron chi connectivity index (χ0n) is 15.4. The summed E-state index contributed by atoms with van der Waals surface area (Å²) in [7, 11) is 0. The van der Waals surface area contributed by atoms with Gasteiger partial charge in [0.15, 0.2) is 0 Å². The van der Waals surface area contributed by atoms with Gasteiger partial charge in [-0.2, -0.15) is 18.2 Å². The maximum atomic E-state index is 12.9. The van der Waals surface area contributed by atoms with E-state index in [1.54, 1.807) is 36.2 Å². The number of nitrogens with one attached hydrogen (secondary N) is 1. The van der Waals surface area contributed by atoms with E-state index < -0.39 is 23.5 Å². The second-order valence-corrected chi connectivity index (χ2v) is 6.41. The highest BCUT2D eigenvalue weighted by Gasteiger charge is 2.32. The number of hydrogen-bond acceptors (Lipinski definition) is 5. The van der Waals surface area contributed by atoms with Gasteiger partial charge in [-0.25, -0.2) is 9.59 Å². The van der Waals surface area contributed by atoms with Gasteiger partial charge in [0, 0.05) is 10.6 Å². The number of H-pyrrole nitrogens is 1. The lowest BCUT2D eigenvalue weighted by Crippen LogP contribution is -2.19. The Kier molecular flexibility index (Phi) is 6.12. The van der Waals surface area contributed by atoms with Crippen molar-refractivity contribution in [3.63, 3.8) is 0 Å². The summed E-state index contributed by atoms with van der Waals surface area (Å²) in [6, 6.07) is 8.75. The number of carbonyl (C=O) groups excluding carboxylic acids is 1. The van der Waals surface area contributed by atoms with Crippen LogP contribution in [0.15, 0.2) is 45.6 Å². The second kappa shape index (κ2) is 8.58. The fourth-order valence-electron chi connectivity index (χ4n) is 2.53. The number of aromatic nitrogens is 2. The maximum Gasteiger partial charge on any atom is 0.431 e. The summed E-state index contributed by atoms with van der Waals surface area (Å²) in [6.07, 6.45) is -2.36. The smallest absolute Gasteiger partial charge is 0.431 e. The molecule has 2 aromatic heterocycles. The molecule has 0 atom stereocenters. The van der Waals surface area contributed by atoms with Crippen molar-refractivity contribution in [2.75, 3.05) is 6.61 Å². The van der Waals surface area contributed by atoms with Crippen LogP contribution in [0.1, 0.15) is 34.4 Å². The van der Waals surface area contributed by atoms with Crippen LogP contribution in [0.3, 0.4) is 0 Å². The van der Waals surface area contributed by atoms with E-state index in [4.69, 9.17) is 20.8 Å². The Labute approximate surface area is 173 Å². The summed E-state index contributed by atoms with van der Waals surface area (Å²) >= 11 is 5.87. The Hall–Kier alpha value is -3.33. The van der Waals surface area contributed by atoms with Crippen molar-refractivity contribution >= 4 is 29.7 Å². The molecule has 2 heterocycles. The van der Waals surface area contributed by atoms with Gasteiger partial charge in [0.25, 0.3) is 0 Å². The van der Waals surface area contributed by atoms with Crippen molar-refractivity contribution < 1.29 is 27.1 Å². The minimum atomic E-state index is -4.74. The van der Waals surface area contributed by atoms with Gasteiger partial charge >= 0.3 is 17.8 Å². The van der Waals surface area contributed by atoms with Gasteiger partial charge in [-0.05, 0) is 55.5 Å². The van der Waals surface area contributed by atoms with E-state index in [0.29, 0.717) is 22.4 Å². The predicted molar refractivity (Wildman–Crippen MR) is 104 cm³/mol. The SMILES string of the molecule is CCOC(=O)c1cc(-c2ccc(Cl)cc2)oc1/C=C/c1cc(C(F)(F)F)[nH]c(=O)n1. The maximum absolute atomic E-state index is 12.9. The van der Waals surface area contributed by atoms with Crippen molar-refractivity contribution in [1.82, 2.24) is 9.97 Å². The van der Waals surface area contributed by atoms with Gasteiger partial charge in [0.2, 0.25) is 0 Å². The van der Waals surface area contributed by atoms with Crippen LogP contribution in [0.5, 0.6) is 0 Å². The van der Waals surface area contributed by atoms with Crippen LogP contribution in [-0.4, -0.2) is 22.5 Å². The Balaban J connectivity index is 2.02. The Morgan fingerprint density at radius 1 is 1.23 bits per heavy atom. The van der Waals surface area contributed by atoms with E-state index in [1.165, 1.54) is 12.1 Å². The molecule has 10 heteroatoms. The predicted octanol–water partition coefficient (Wildman–Crippen LogP) is 5.05. The van der Waals surface area contributed by atoms with Crippen LogP contribution >= 0.6 is 11.6 Å². The fraction of sp³-hybridized carbons (Fsp3) is 0.150. The lowest BCUT2D eigenvalue weighted by atomic mass is 10.1. The molecule has 0 aliphatic heterocycles. The van der Waals surface area contributed by atoms with Crippen LogP contribution in [0.2, 0.25) is 5.02 Å². The number of nitrogens with zero attached hydrogens (tertiary/aromatic N) is 1. The van der Waals surface area contributed by atoms with E-state index >= 15 is 0 Å². The molecule has 0 aliphatic rings. The van der Waals surface area contributed by atoms with Gasteiger partial charge in [-0.3, -0.25) is 0 Å². The third-order valence-corrected chi connectivity index (χ3v) is 4.11. The Morgan fingerprint density at radius 3 is 2.57 bits per heavy atom. The van der Waals surface area contributed by atoms with Gasteiger partial charge < -0.3 is 14.1 Å². The first kappa shape index (κ1) is 21.4. The monoisotopic (exact) mass is 438 g/mol. The lowest BCUT2D eigenvalue weighted by Gasteiger charge is -2.05. The topological polar surface area (TPSA) is 85.2 Å². The first-order valence-electron chi connectivity index (χ1n) is 8.61. The molecule has 0 radical (unpaired) electrons. The fourth-order valence-corrected chi connectivity index (χ4v) is 2.66. The van der Waals surface area contributed by atoms with E-state index in [1.807, 2.05) is 0 Å². The highest BCUT2D eigenvalue weighted by atomic mass is 35.5. The second-order valence-electron chi connectivity index (χ2n) is 5.97. The molecule has 0 bridgehead atoms. The van der Waals surface area contributed by atoms with Crippen LogP contribution in [0.4, 0.5) is 13.2 Å². The molecule has 1 N–H and O–H groups in total. The van der Waals surface area contributed by atoms with E-state index in [0.717, 1.165) is 6.08 Å². The van der Waals surface area contributed by atoms with Gasteiger partial charge in [0.05, 0.1) is 12.3 Å². The minimum absolute atomic E-state index is 0.0361. The van der Waals surface area contributed by atoms with Crippen LogP contribution in [-0.2, 0) is 10.9 Å². The highest BCUT2D eigenvalue weighted by molar-refractivity contribution is 6.30. The van der Waals surface area contributed by atoms with E-state index in [9.17, 15) is 22.8 Å². The first-order valence-corrected chi connectivity index (χ1v) is 8.98. The van der Waals surface area contributed by atoms with Crippen molar-refractivity contribution in [1.29, 1.82) is 0 Å². The van der Waals surface area contributed by atoms with E-state index in [2.05, 4.69) is 4.98 Å². The van der Waals surface area contributed by atoms with Crippen LogP contribution < -0.4 is 5.69 Å². The molecule has 1 aromatic carbocycles. The molecule has 0 aliphatic carbocycles. The highest BCUT2D eigenvalue weighted by Crippen LogP contribution is 2.29. The van der Waals surface area contributed by atoms with Gasteiger partial charge in [-0.15, -0.1) is 0 Å². The summed E-state index contributed by atoms with van der Waals surface area (Å²) in [5, 5.41) is 0.511. The largest absolute Gasteiger partial charge is 0.462 e. The number of furan rings is 1. The standard InChI is InChI=1S/C20H14ClF3N2O4/c1-2-29-18(27)14-10-16(11-3-5-12(21)6-4-11)30-15(14)8-7-13-9-17(20(22,23)24)26-19(28)25-13/h3-10H,2H2,1H3,(H,25,26,28)/b8-7+. The number of aromatic amines is 1. The number of ether oxygens (including phenoxy) is 1. The molecule has 156 valence electrons. The number of hydrogen-bond donors (Lipinski definition) is 1. The normalized spacial score (nSPS) is 11.8. The minimum Gasteiger partial charge on any atom is -0.462 e. The molecule has 0 fully saturated rings. The number of esters is 1. The average Bonchev–Trinajstić information content (AvgIpc) is 3.10. The van der Waals surface area contributed by atoms with Gasteiger partial charge in [-0.1, -0.05) is 11.6 Å². The summed E-state index contributed by atoms with van der Waals surface area (Å²) < 4.78 is 49.3. The van der Waals surface area contributed by atoms with Crippen LogP contribution in [0.25, 0.3) is 23.5 Å². The molecule has 3 aromatic rings. The quantitative estimate of drug-likeness (QED) is 0.563. The number of carbonyl (C=O) groups is 1. The number of rotatable bonds is 5. The molecule has 6 nitrogen and oxygen atoms in total. The number of halogens is 4. The molecule has 0 spiro atoms. The summed E-state index contributed by atoms with van der Waals surface area (Å²) in [5.41, 5.74) is -1.96. The summed E-state index contributed by atoms with van der Waals surface area (Å²) in [4.78, 5) is 28.8. The zero-order chi connectivity index (χ0) is 21.9. The first-order chi connectivity index (χ1) is 14.2. The molecule has 0 saturated heterocycles. The molecular formula is C20H14ClF3N2O4. The summed E-state index contributed by atoms with van der Waals surface area (Å²) in [5.74, 6) is -0.311. The van der Waals surface area contributed by atoms with Crippen molar-refractivity contribution in [2.24, 2.45) is 0 Å².